The molecule has 0 spiro atoms. The fourth-order valence-electron chi connectivity index (χ4n) is 13.0. The Kier molecular flexibility index (Phi) is 10.6. The third-order valence-electron chi connectivity index (χ3n) is 16.5. The predicted octanol–water partition coefficient (Wildman–Crippen LogP) is 18.7. The topological polar surface area (TPSA) is 36.2 Å². The van der Waals surface area contributed by atoms with Gasteiger partial charge in [0.1, 0.15) is 0 Å². The summed E-state index contributed by atoms with van der Waals surface area (Å²) in [6.45, 7) is 4.73. The van der Waals surface area contributed by atoms with Crippen molar-refractivity contribution in [3.8, 4) is 44.5 Å². The summed E-state index contributed by atoms with van der Waals surface area (Å²) < 4.78 is 0. The van der Waals surface area contributed by atoms with Crippen LogP contribution in [-0.2, 0) is 10.8 Å². The van der Waals surface area contributed by atoms with Gasteiger partial charge in [0, 0.05) is 16.5 Å². The maximum absolute atomic E-state index is 9.46. The van der Waals surface area contributed by atoms with E-state index in [1.165, 1.54) is 99.3 Å². The van der Waals surface area contributed by atoms with E-state index >= 15 is 0 Å². The molecule has 0 amide bonds. The standard InChI is InChI=1S/C74H52N2/c1-73(2)65-44-39-51(47-64(65)70-56-29-13-12-21-48(56)38-45-67(70)73)55-42-43-61(59-32-17-16-31-58(55)59)60-41-37-49(54-28-14-15-30-57(54)60)40-46-69(76-72(75)50-22-6-3-7-23-50)63-34-20-36-68-71(63)62-33-18-19-35-66(62)74(68,52-24-8-4-9-25-52)53-26-10-5-11-27-53/h3-47,75H,1-2H3/b46-40+,75-72?,76-69?. The predicted molar refractivity (Wildman–Crippen MR) is 320 cm³/mol. The maximum Gasteiger partial charge on any atom is 0.152 e. The Morgan fingerprint density at radius 1 is 0.395 bits per heavy atom. The summed E-state index contributed by atoms with van der Waals surface area (Å²) in [7, 11) is 0. The zero-order chi connectivity index (χ0) is 51.0. The third-order valence-corrected chi connectivity index (χ3v) is 16.5. The van der Waals surface area contributed by atoms with Crippen LogP contribution in [0.1, 0.15) is 63.9 Å². The molecule has 76 heavy (non-hydrogen) atoms. The summed E-state index contributed by atoms with van der Waals surface area (Å²) in [5, 5.41) is 16.8. The Bertz CT molecular complexity index is 4330. The number of fused-ring (bicyclic) bond motifs is 10. The molecule has 0 unspecified atom stereocenters. The minimum Gasteiger partial charge on any atom is -0.282 e. The molecule has 0 saturated carbocycles. The van der Waals surface area contributed by atoms with Crippen LogP contribution in [0, 0.1) is 5.41 Å². The summed E-state index contributed by atoms with van der Waals surface area (Å²) in [6, 6.07) is 94.5. The van der Waals surface area contributed by atoms with Gasteiger partial charge in [-0.2, -0.15) is 0 Å². The SMILES string of the molecule is CC1(C)c2ccc(-c3ccc(-c4ccc(/C=C/C(=NC(=N)c5ccccc5)c5cccc6c5-c5ccccc5C6(c5ccccc5)c5ccccc5)c5ccccc45)c4ccccc34)cc2-c2c1ccc1ccccc21. The monoisotopic (exact) mass is 968 g/mol. The van der Waals surface area contributed by atoms with E-state index in [0.29, 0.717) is 0 Å². The molecular formula is C74H52N2. The van der Waals surface area contributed by atoms with Crippen molar-refractivity contribution >= 4 is 49.9 Å². The molecule has 2 heteroatoms. The molecule has 358 valence electrons. The normalized spacial score (nSPS) is 13.9. The van der Waals surface area contributed by atoms with E-state index in [4.69, 9.17) is 4.99 Å². The van der Waals surface area contributed by atoms with Gasteiger partial charge < -0.3 is 0 Å². The summed E-state index contributed by atoms with van der Waals surface area (Å²) in [5.41, 5.74) is 20.3. The van der Waals surface area contributed by atoms with Crippen molar-refractivity contribution in [2.75, 3.05) is 0 Å². The first-order chi connectivity index (χ1) is 37.4. The van der Waals surface area contributed by atoms with Crippen molar-refractivity contribution in [3.05, 3.63) is 317 Å². The first-order valence-corrected chi connectivity index (χ1v) is 26.4. The lowest BCUT2D eigenvalue weighted by molar-refractivity contribution is 0.661. The van der Waals surface area contributed by atoms with E-state index in [9.17, 15) is 5.41 Å². The molecule has 0 saturated heterocycles. The van der Waals surface area contributed by atoms with Crippen LogP contribution in [0.3, 0.4) is 0 Å². The van der Waals surface area contributed by atoms with Crippen molar-refractivity contribution in [1.82, 2.24) is 0 Å². The van der Waals surface area contributed by atoms with Gasteiger partial charge in [0.15, 0.2) is 5.84 Å². The van der Waals surface area contributed by atoms with Gasteiger partial charge in [-0.1, -0.05) is 275 Å². The summed E-state index contributed by atoms with van der Waals surface area (Å²) in [5.74, 6) is 0.207. The Morgan fingerprint density at radius 3 is 1.67 bits per heavy atom. The number of rotatable bonds is 8. The van der Waals surface area contributed by atoms with E-state index < -0.39 is 5.41 Å². The second-order valence-electron chi connectivity index (χ2n) is 20.8. The molecule has 1 N–H and O–H groups in total. The van der Waals surface area contributed by atoms with E-state index in [2.05, 4.69) is 257 Å². The number of amidine groups is 1. The van der Waals surface area contributed by atoms with Crippen molar-refractivity contribution < 1.29 is 0 Å². The average Bonchev–Trinajstić information content (AvgIpc) is 3.93. The summed E-state index contributed by atoms with van der Waals surface area (Å²) >= 11 is 0. The van der Waals surface area contributed by atoms with Crippen molar-refractivity contribution in [2.24, 2.45) is 4.99 Å². The highest BCUT2D eigenvalue weighted by Crippen LogP contribution is 2.57. The van der Waals surface area contributed by atoms with Crippen LogP contribution in [0.15, 0.2) is 272 Å². The molecule has 0 heterocycles. The first-order valence-electron chi connectivity index (χ1n) is 26.4. The number of allylic oxidation sites excluding steroid dienone is 1. The minimum atomic E-state index is -0.569. The number of nitrogens with zero attached hydrogens (tertiary/aromatic N) is 1. The van der Waals surface area contributed by atoms with Gasteiger partial charge in [-0.05, 0) is 128 Å². The zero-order valence-corrected chi connectivity index (χ0v) is 42.4. The van der Waals surface area contributed by atoms with Crippen LogP contribution in [0.25, 0.3) is 82.9 Å². The van der Waals surface area contributed by atoms with Gasteiger partial charge in [0.25, 0.3) is 0 Å². The molecule has 12 aromatic carbocycles. The smallest absolute Gasteiger partial charge is 0.152 e. The molecule has 0 bridgehead atoms. The number of nitrogens with one attached hydrogen (secondary N) is 1. The molecule has 2 aliphatic carbocycles. The largest absolute Gasteiger partial charge is 0.282 e. The number of benzene rings is 12. The third kappa shape index (κ3) is 6.95. The zero-order valence-electron chi connectivity index (χ0n) is 42.4. The lowest BCUT2D eigenvalue weighted by Gasteiger charge is -2.33. The molecule has 2 nitrogen and oxygen atoms in total. The van der Waals surface area contributed by atoms with Crippen molar-refractivity contribution in [2.45, 2.75) is 24.7 Å². The van der Waals surface area contributed by atoms with Crippen LogP contribution in [0.2, 0.25) is 0 Å². The van der Waals surface area contributed by atoms with Gasteiger partial charge in [-0.25, -0.2) is 4.99 Å². The van der Waals surface area contributed by atoms with Gasteiger partial charge in [-0.3, -0.25) is 5.41 Å². The highest BCUT2D eigenvalue weighted by Gasteiger charge is 2.47. The first kappa shape index (κ1) is 45.1. The highest BCUT2D eigenvalue weighted by molar-refractivity contribution is 6.22. The molecule has 0 radical (unpaired) electrons. The lowest BCUT2D eigenvalue weighted by atomic mass is 9.67. The average molecular weight is 969 g/mol. The molecular weight excluding hydrogens is 917 g/mol. The number of aliphatic imine (C=N–C) groups is 1. The van der Waals surface area contributed by atoms with Gasteiger partial charge in [-0.15, -0.1) is 0 Å². The van der Waals surface area contributed by atoms with E-state index in [1.807, 2.05) is 30.3 Å². The van der Waals surface area contributed by atoms with Crippen LogP contribution in [0.5, 0.6) is 0 Å². The number of hydrogen-bond acceptors (Lipinski definition) is 1. The lowest BCUT2D eigenvalue weighted by Crippen LogP contribution is -2.28. The van der Waals surface area contributed by atoms with Crippen LogP contribution >= 0.6 is 0 Å². The Labute approximate surface area is 444 Å². The Hall–Kier alpha value is -9.50. The van der Waals surface area contributed by atoms with Crippen LogP contribution in [-0.4, -0.2) is 11.5 Å². The Morgan fingerprint density at radius 2 is 0.947 bits per heavy atom. The van der Waals surface area contributed by atoms with Gasteiger partial charge in [0.2, 0.25) is 0 Å². The summed E-state index contributed by atoms with van der Waals surface area (Å²) in [4.78, 5) is 5.25. The Balaban J connectivity index is 0.900. The van der Waals surface area contributed by atoms with Crippen LogP contribution < -0.4 is 0 Å². The van der Waals surface area contributed by atoms with Gasteiger partial charge in [0.05, 0.1) is 11.1 Å². The van der Waals surface area contributed by atoms with Gasteiger partial charge >= 0.3 is 0 Å². The van der Waals surface area contributed by atoms with E-state index in [-0.39, 0.29) is 11.3 Å². The molecule has 0 aliphatic heterocycles. The minimum absolute atomic E-state index is 0.0903. The number of hydrogen-bond donors (Lipinski definition) is 1. The molecule has 0 fully saturated rings. The van der Waals surface area contributed by atoms with Crippen molar-refractivity contribution in [1.29, 1.82) is 5.41 Å². The molecule has 2 aliphatic rings. The quantitative estimate of drug-likeness (QED) is 0.116. The fraction of sp³-hybridized carbons (Fsp3) is 0.0541. The fourth-order valence-corrected chi connectivity index (χ4v) is 13.0. The molecule has 0 aromatic heterocycles. The van der Waals surface area contributed by atoms with Crippen LogP contribution in [0.4, 0.5) is 0 Å². The molecule has 12 aromatic rings. The summed E-state index contributed by atoms with van der Waals surface area (Å²) in [6.07, 6.45) is 4.33. The van der Waals surface area contributed by atoms with E-state index in [0.717, 1.165) is 33.4 Å². The second-order valence-corrected chi connectivity index (χ2v) is 20.8. The van der Waals surface area contributed by atoms with E-state index in [1.54, 1.807) is 0 Å². The van der Waals surface area contributed by atoms with Crippen molar-refractivity contribution in [3.63, 3.8) is 0 Å². The second kappa shape index (κ2) is 17.9. The highest BCUT2D eigenvalue weighted by atomic mass is 14.8. The molecule has 0 atom stereocenters. The maximum atomic E-state index is 9.46. The molecule has 14 rings (SSSR count).